The van der Waals surface area contributed by atoms with Crippen LogP contribution in [-0.2, 0) is 10.0 Å². The second-order valence-corrected chi connectivity index (χ2v) is 7.05. The minimum atomic E-state index is -3.46. The Morgan fingerprint density at radius 3 is 2.41 bits per heavy atom. The summed E-state index contributed by atoms with van der Waals surface area (Å²) in [6.07, 6.45) is 0. The van der Waals surface area contributed by atoms with Gasteiger partial charge in [0.25, 0.3) is 0 Å². The van der Waals surface area contributed by atoms with Crippen LogP contribution in [0.4, 0.5) is 0 Å². The molecular weight excluding hydrogens is 258 g/mol. The van der Waals surface area contributed by atoms with E-state index in [0.29, 0.717) is 0 Å². The van der Waals surface area contributed by atoms with Crippen molar-refractivity contribution in [3.05, 3.63) is 29.8 Å². The van der Waals surface area contributed by atoms with E-state index in [0.717, 1.165) is 5.56 Å². The predicted octanol–water partition coefficient (Wildman–Crippen LogP) is 0.744. The van der Waals surface area contributed by atoms with Gasteiger partial charge >= 0.3 is 0 Å². The minimum Gasteiger partial charge on any atom is -0.243 e. The first-order chi connectivity index (χ1) is 7.97. The van der Waals surface area contributed by atoms with Crippen LogP contribution < -0.4 is 15.6 Å². The summed E-state index contributed by atoms with van der Waals surface area (Å²) in [6, 6.07) is 6.78. The van der Waals surface area contributed by atoms with Gasteiger partial charge in [0.15, 0.2) is 0 Å². The van der Waals surface area contributed by atoms with Crippen LogP contribution in [0.5, 0.6) is 0 Å². The topological polar surface area (TPSA) is 70.2 Å². The fourth-order valence-corrected chi connectivity index (χ4v) is 3.70. The number of hydrogen-bond acceptors (Lipinski definition) is 5. The molecule has 0 saturated carbocycles. The number of thioether (sulfide) groups is 1. The third-order valence-corrected chi connectivity index (χ3v) is 4.97. The highest BCUT2D eigenvalue weighted by Crippen LogP contribution is 2.19. The average molecular weight is 273 g/mol. The highest BCUT2D eigenvalue weighted by molar-refractivity contribution is 8.01. The lowest BCUT2D eigenvalue weighted by Crippen LogP contribution is -2.43. The zero-order chi connectivity index (χ0) is 12.5. The molecular formula is C10H15N3O2S2. The monoisotopic (exact) mass is 273 g/mol. The molecule has 0 aromatic heterocycles. The van der Waals surface area contributed by atoms with Crippen molar-refractivity contribution in [1.29, 1.82) is 0 Å². The van der Waals surface area contributed by atoms with E-state index in [2.05, 4.69) is 15.6 Å². The standard InChI is InChI=1S/C10H15N3O2S2/c1-7-3-5-9(6-4-7)17(14,15)13-10-12-11-8(2)16-10/h3-6,8,10-13H,1-2H3. The molecule has 17 heavy (non-hydrogen) atoms. The van der Waals surface area contributed by atoms with E-state index in [1.807, 2.05) is 13.8 Å². The van der Waals surface area contributed by atoms with E-state index < -0.39 is 10.0 Å². The number of hydrazine groups is 1. The Morgan fingerprint density at radius 2 is 1.88 bits per heavy atom. The maximum atomic E-state index is 12.0. The smallest absolute Gasteiger partial charge is 0.242 e. The Morgan fingerprint density at radius 1 is 1.24 bits per heavy atom. The van der Waals surface area contributed by atoms with Crippen LogP contribution in [0.15, 0.2) is 29.2 Å². The van der Waals surface area contributed by atoms with Crippen LogP contribution in [-0.4, -0.2) is 19.3 Å². The van der Waals surface area contributed by atoms with Crippen molar-refractivity contribution in [3.63, 3.8) is 0 Å². The molecule has 1 aromatic rings. The molecule has 0 aliphatic carbocycles. The van der Waals surface area contributed by atoms with Gasteiger partial charge < -0.3 is 0 Å². The normalized spacial score (nSPS) is 25.1. The SMILES string of the molecule is Cc1ccc(S(=O)(=O)NC2NNC(C)S2)cc1. The molecule has 2 unspecified atom stereocenters. The zero-order valence-electron chi connectivity index (χ0n) is 9.60. The fourth-order valence-electron chi connectivity index (χ4n) is 1.45. The second-order valence-electron chi connectivity index (χ2n) is 3.88. The van der Waals surface area contributed by atoms with Crippen molar-refractivity contribution < 1.29 is 8.42 Å². The predicted molar refractivity (Wildman–Crippen MR) is 68.6 cm³/mol. The molecule has 0 spiro atoms. The maximum Gasteiger partial charge on any atom is 0.242 e. The van der Waals surface area contributed by atoms with Crippen LogP contribution >= 0.6 is 11.8 Å². The fraction of sp³-hybridized carbons (Fsp3) is 0.400. The molecule has 94 valence electrons. The van der Waals surface area contributed by atoms with Gasteiger partial charge in [0.1, 0.15) is 5.50 Å². The van der Waals surface area contributed by atoms with Crippen LogP contribution in [0.25, 0.3) is 0 Å². The summed E-state index contributed by atoms with van der Waals surface area (Å²) >= 11 is 1.48. The molecule has 2 atom stereocenters. The lowest BCUT2D eigenvalue weighted by molar-refractivity contribution is 0.520. The zero-order valence-corrected chi connectivity index (χ0v) is 11.2. The highest BCUT2D eigenvalue weighted by atomic mass is 32.2. The Labute approximate surface area is 105 Å². The van der Waals surface area contributed by atoms with Crippen LogP contribution in [0.2, 0.25) is 0 Å². The second kappa shape index (κ2) is 4.95. The van der Waals surface area contributed by atoms with Crippen LogP contribution in [0.3, 0.4) is 0 Å². The van der Waals surface area contributed by atoms with Crippen molar-refractivity contribution in [3.8, 4) is 0 Å². The summed E-state index contributed by atoms with van der Waals surface area (Å²) in [5.74, 6) is 0. The Kier molecular flexibility index (Phi) is 3.74. The summed E-state index contributed by atoms with van der Waals surface area (Å²) in [6.45, 7) is 3.88. The number of aryl methyl sites for hydroxylation is 1. The number of nitrogens with one attached hydrogen (secondary N) is 3. The number of sulfonamides is 1. The third-order valence-electron chi connectivity index (χ3n) is 2.35. The molecule has 2 rings (SSSR count). The summed E-state index contributed by atoms with van der Waals surface area (Å²) in [5, 5.41) is 0.181. The molecule has 0 radical (unpaired) electrons. The number of benzene rings is 1. The van der Waals surface area contributed by atoms with Gasteiger partial charge in [-0.2, -0.15) is 4.72 Å². The van der Waals surface area contributed by atoms with Gasteiger partial charge in [0.2, 0.25) is 10.0 Å². The molecule has 1 aromatic carbocycles. The molecule has 1 saturated heterocycles. The van der Waals surface area contributed by atoms with Gasteiger partial charge in [-0.15, -0.1) is 11.8 Å². The molecule has 5 nitrogen and oxygen atoms in total. The first-order valence-corrected chi connectivity index (χ1v) is 7.65. The first-order valence-electron chi connectivity index (χ1n) is 5.23. The van der Waals surface area contributed by atoms with Crippen molar-refractivity contribution in [2.45, 2.75) is 29.6 Å². The molecule has 3 N–H and O–H groups in total. The van der Waals surface area contributed by atoms with Gasteiger partial charge in [-0.1, -0.05) is 17.7 Å². The Hall–Kier alpha value is -0.600. The van der Waals surface area contributed by atoms with Gasteiger partial charge in [0.05, 0.1) is 10.3 Å². The van der Waals surface area contributed by atoms with Gasteiger partial charge in [-0.3, -0.25) is 0 Å². The van der Waals surface area contributed by atoms with Crippen LogP contribution in [0.1, 0.15) is 12.5 Å². The summed E-state index contributed by atoms with van der Waals surface area (Å²) in [4.78, 5) is 0.282. The summed E-state index contributed by atoms with van der Waals surface area (Å²) in [5.41, 5.74) is 6.50. The molecule has 1 fully saturated rings. The van der Waals surface area contributed by atoms with Crippen molar-refractivity contribution in [2.24, 2.45) is 0 Å². The first kappa shape index (κ1) is 12.8. The van der Waals surface area contributed by atoms with Gasteiger partial charge in [-0.25, -0.2) is 19.3 Å². The van der Waals surface area contributed by atoms with E-state index >= 15 is 0 Å². The number of hydrogen-bond donors (Lipinski definition) is 3. The molecule has 0 bridgehead atoms. The van der Waals surface area contributed by atoms with E-state index in [1.165, 1.54) is 11.8 Å². The van der Waals surface area contributed by atoms with Gasteiger partial charge in [-0.05, 0) is 26.0 Å². The Balaban J connectivity index is 2.11. The van der Waals surface area contributed by atoms with Gasteiger partial charge in [0, 0.05) is 0 Å². The van der Waals surface area contributed by atoms with Crippen LogP contribution in [0, 0.1) is 6.92 Å². The minimum absolute atomic E-state index is 0.181. The van der Waals surface area contributed by atoms with E-state index in [1.54, 1.807) is 24.3 Å². The molecule has 1 aliphatic heterocycles. The quantitative estimate of drug-likeness (QED) is 0.758. The maximum absolute atomic E-state index is 12.0. The number of rotatable bonds is 3. The molecule has 0 amide bonds. The molecule has 1 heterocycles. The highest BCUT2D eigenvalue weighted by Gasteiger charge is 2.26. The Bertz CT molecular complexity index is 487. The largest absolute Gasteiger partial charge is 0.243 e. The van der Waals surface area contributed by atoms with Crippen molar-refractivity contribution in [1.82, 2.24) is 15.6 Å². The average Bonchev–Trinajstić information content (AvgIpc) is 2.63. The molecule has 1 aliphatic rings. The van der Waals surface area contributed by atoms with E-state index in [-0.39, 0.29) is 15.8 Å². The van der Waals surface area contributed by atoms with E-state index in [9.17, 15) is 8.42 Å². The summed E-state index contributed by atoms with van der Waals surface area (Å²) < 4.78 is 26.6. The third kappa shape index (κ3) is 3.20. The lowest BCUT2D eigenvalue weighted by atomic mass is 10.2. The van der Waals surface area contributed by atoms with Crippen molar-refractivity contribution in [2.75, 3.05) is 0 Å². The lowest BCUT2D eigenvalue weighted by Gasteiger charge is -2.12. The molecule has 7 heteroatoms. The van der Waals surface area contributed by atoms with E-state index in [4.69, 9.17) is 0 Å². The van der Waals surface area contributed by atoms with Crippen molar-refractivity contribution >= 4 is 21.8 Å². The summed E-state index contributed by atoms with van der Waals surface area (Å²) in [7, 11) is -3.46.